The number of carbonyl (C=O) groups is 1. The average molecular weight is 409 g/mol. The standard InChI is InChI=1S/C21H28N2O4.ClH/c1-14-7-5-6-8-15(14)11-18(23-21(24)17(22)13-25-2)16-9-10-19(26-3)20(12-16)27-4;/h5-10,12,17-18H,11,13,22H2,1-4H3,(H,23,24);1H. The van der Waals surface area contributed by atoms with E-state index in [2.05, 4.69) is 24.4 Å². The molecule has 7 heteroatoms. The van der Waals surface area contributed by atoms with Crippen LogP contribution in [-0.2, 0) is 16.0 Å². The number of halogens is 1. The van der Waals surface area contributed by atoms with Gasteiger partial charge >= 0.3 is 0 Å². The van der Waals surface area contributed by atoms with Crippen molar-refractivity contribution in [1.29, 1.82) is 0 Å². The number of carbonyl (C=O) groups excluding carboxylic acids is 1. The summed E-state index contributed by atoms with van der Waals surface area (Å²) >= 11 is 0. The Bertz CT molecular complexity index is 770. The molecule has 0 saturated heterocycles. The van der Waals surface area contributed by atoms with Crippen LogP contribution in [0.5, 0.6) is 11.5 Å². The highest BCUT2D eigenvalue weighted by Crippen LogP contribution is 2.31. The Hall–Kier alpha value is -2.28. The fourth-order valence-electron chi connectivity index (χ4n) is 2.91. The quantitative estimate of drug-likeness (QED) is 0.666. The number of aryl methyl sites for hydroxylation is 1. The summed E-state index contributed by atoms with van der Waals surface area (Å²) in [5, 5.41) is 3.04. The lowest BCUT2D eigenvalue weighted by atomic mass is 9.95. The van der Waals surface area contributed by atoms with Crippen LogP contribution in [0.25, 0.3) is 0 Å². The number of rotatable bonds is 9. The van der Waals surface area contributed by atoms with Crippen LogP contribution in [0, 0.1) is 6.92 Å². The summed E-state index contributed by atoms with van der Waals surface area (Å²) in [6, 6.07) is 12.8. The smallest absolute Gasteiger partial charge is 0.239 e. The van der Waals surface area contributed by atoms with E-state index in [1.165, 1.54) is 12.7 Å². The van der Waals surface area contributed by atoms with Gasteiger partial charge in [0.25, 0.3) is 0 Å². The third-order valence-corrected chi connectivity index (χ3v) is 4.49. The van der Waals surface area contributed by atoms with E-state index in [0.29, 0.717) is 17.9 Å². The fourth-order valence-corrected chi connectivity index (χ4v) is 2.91. The summed E-state index contributed by atoms with van der Waals surface area (Å²) in [6.45, 7) is 2.22. The van der Waals surface area contributed by atoms with Gasteiger partial charge in [0.05, 0.1) is 26.9 Å². The highest BCUT2D eigenvalue weighted by molar-refractivity contribution is 5.85. The zero-order valence-corrected chi connectivity index (χ0v) is 17.5. The van der Waals surface area contributed by atoms with Crippen LogP contribution in [0.4, 0.5) is 0 Å². The zero-order chi connectivity index (χ0) is 19.8. The van der Waals surface area contributed by atoms with E-state index >= 15 is 0 Å². The highest BCUT2D eigenvalue weighted by Gasteiger charge is 2.21. The predicted molar refractivity (Wildman–Crippen MR) is 112 cm³/mol. The van der Waals surface area contributed by atoms with Gasteiger partial charge in [-0.2, -0.15) is 0 Å². The molecule has 3 N–H and O–H groups in total. The molecule has 2 rings (SSSR count). The van der Waals surface area contributed by atoms with Crippen molar-refractivity contribution in [2.75, 3.05) is 27.9 Å². The van der Waals surface area contributed by atoms with Crippen molar-refractivity contribution in [2.45, 2.75) is 25.4 Å². The van der Waals surface area contributed by atoms with E-state index in [-0.39, 0.29) is 31.0 Å². The maximum atomic E-state index is 12.5. The van der Waals surface area contributed by atoms with Gasteiger partial charge in [-0.1, -0.05) is 30.3 Å². The Labute approximate surface area is 172 Å². The summed E-state index contributed by atoms with van der Waals surface area (Å²) in [5.74, 6) is 0.990. The van der Waals surface area contributed by atoms with Gasteiger partial charge in [-0.25, -0.2) is 0 Å². The summed E-state index contributed by atoms with van der Waals surface area (Å²) in [4.78, 5) is 12.5. The Balaban J connectivity index is 0.00000392. The summed E-state index contributed by atoms with van der Waals surface area (Å²) < 4.78 is 15.7. The molecule has 0 aliphatic rings. The molecule has 2 atom stereocenters. The topological polar surface area (TPSA) is 82.8 Å². The van der Waals surface area contributed by atoms with Crippen LogP contribution in [0.3, 0.4) is 0 Å². The molecular weight excluding hydrogens is 380 g/mol. The number of ether oxygens (including phenoxy) is 3. The van der Waals surface area contributed by atoms with Crippen LogP contribution in [0.2, 0.25) is 0 Å². The molecule has 2 unspecified atom stereocenters. The van der Waals surface area contributed by atoms with E-state index in [1.807, 2.05) is 30.3 Å². The Morgan fingerprint density at radius 1 is 1.07 bits per heavy atom. The van der Waals surface area contributed by atoms with E-state index in [0.717, 1.165) is 11.1 Å². The van der Waals surface area contributed by atoms with Crippen molar-refractivity contribution in [3.05, 3.63) is 59.2 Å². The second-order valence-electron chi connectivity index (χ2n) is 6.37. The monoisotopic (exact) mass is 408 g/mol. The van der Waals surface area contributed by atoms with Gasteiger partial charge < -0.3 is 25.3 Å². The normalized spacial score (nSPS) is 12.5. The third-order valence-electron chi connectivity index (χ3n) is 4.49. The molecule has 1 amide bonds. The number of nitrogens with two attached hydrogens (primary N) is 1. The van der Waals surface area contributed by atoms with Crippen LogP contribution >= 0.6 is 12.4 Å². The Morgan fingerprint density at radius 3 is 2.36 bits per heavy atom. The zero-order valence-electron chi connectivity index (χ0n) is 16.7. The highest BCUT2D eigenvalue weighted by atomic mass is 35.5. The van der Waals surface area contributed by atoms with Crippen molar-refractivity contribution in [3.8, 4) is 11.5 Å². The van der Waals surface area contributed by atoms with Gasteiger partial charge in [-0.3, -0.25) is 4.79 Å². The van der Waals surface area contributed by atoms with Gasteiger partial charge in [0, 0.05) is 7.11 Å². The number of nitrogens with one attached hydrogen (secondary N) is 1. The molecule has 28 heavy (non-hydrogen) atoms. The molecule has 0 aliphatic heterocycles. The first-order chi connectivity index (χ1) is 13.0. The Kier molecular flexibility index (Phi) is 9.79. The number of benzene rings is 2. The van der Waals surface area contributed by atoms with Gasteiger partial charge in [0.2, 0.25) is 5.91 Å². The van der Waals surface area contributed by atoms with Crippen molar-refractivity contribution < 1.29 is 19.0 Å². The SMILES string of the molecule is COCC(N)C(=O)NC(Cc1ccccc1C)c1ccc(OC)c(OC)c1.Cl. The summed E-state index contributed by atoms with van der Waals surface area (Å²) in [6.07, 6.45) is 0.633. The first kappa shape index (κ1) is 23.8. The predicted octanol–water partition coefficient (Wildman–Crippen LogP) is 2.81. The molecule has 0 fully saturated rings. The molecule has 0 radical (unpaired) electrons. The lowest BCUT2D eigenvalue weighted by molar-refractivity contribution is -0.124. The van der Waals surface area contributed by atoms with E-state index in [9.17, 15) is 4.79 Å². The first-order valence-electron chi connectivity index (χ1n) is 8.81. The van der Waals surface area contributed by atoms with Gasteiger partial charge in [-0.15, -0.1) is 12.4 Å². The lowest BCUT2D eigenvalue weighted by Crippen LogP contribution is -2.45. The Morgan fingerprint density at radius 2 is 1.75 bits per heavy atom. The lowest BCUT2D eigenvalue weighted by Gasteiger charge is -2.23. The molecule has 2 aromatic carbocycles. The molecular formula is C21H29ClN2O4. The van der Waals surface area contributed by atoms with Gasteiger partial charge in [0.15, 0.2) is 11.5 Å². The number of methoxy groups -OCH3 is 3. The maximum absolute atomic E-state index is 12.5. The van der Waals surface area contributed by atoms with Crippen LogP contribution < -0.4 is 20.5 Å². The first-order valence-corrected chi connectivity index (χ1v) is 8.81. The maximum Gasteiger partial charge on any atom is 0.239 e. The van der Waals surface area contributed by atoms with Crippen molar-refractivity contribution in [2.24, 2.45) is 5.73 Å². The number of hydrogen-bond acceptors (Lipinski definition) is 5. The minimum absolute atomic E-state index is 0. The third kappa shape index (κ3) is 6.12. The molecule has 0 heterocycles. The van der Waals surface area contributed by atoms with Crippen molar-refractivity contribution >= 4 is 18.3 Å². The molecule has 154 valence electrons. The number of hydrogen-bond donors (Lipinski definition) is 2. The molecule has 6 nitrogen and oxygen atoms in total. The minimum atomic E-state index is -0.727. The molecule has 0 aliphatic carbocycles. The van der Waals surface area contributed by atoms with Gasteiger partial charge in [-0.05, 0) is 42.2 Å². The minimum Gasteiger partial charge on any atom is -0.493 e. The largest absolute Gasteiger partial charge is 0.493 e. The van der Waals surface area contributed by atoms with E-state index in [4.69, 9.17) is 19.9 Å². The van der Waals surface area contributed by atoms with Crippen molar-refractivity contribution in [1.82, 2.24) is 5.32 Å². The average Bonchev–Trinajstić information content (AvgIpc) is 2.68. The van der Waals surface area contributed by atoms with E-state index in [1.54, 1.807) is 14.2 Å². The summed E-state index contributed by atoms with van der Waals surface area (Å²) in [7, 11) is 4.70. The van der Waals surface area contributed by atoms with Crippen LogP contribution in [0.15, 0.2) is 42.5 Å². The van der Waals surface area contributed by atoms with Crippen LogP contribution in [-0.4, -0.2) is 39.9 Å². The second kappa shape index (κ2) is 11.5. The molecule has 0 saturated carbocycles. The number of amides is 1. The van der Waals surface area contributed by atoms with E-state index < -0.39 is 6.04 Å². The molecule has 2 aromatic rings. The van der Waals surface area contributed by atoms with Gasteiger partial charge in [0.1, 0.15) is 6.04 Å². The molecule has 0 spiro atoms. The summed E-state index contributed by atoms with van der Waals surface area (Å²) in [5.41, 5.74) is 9.12. The molecule has 0 aromatic heterocycles. The van der Waals surface area contributed by atoms with Crippen molar-refractivity contribution in [3.63, 3.8) is 0 Å². The molecule has 0 bridgehead atoms. The van der Waals surface area contributed by atoms with Crippen LogP contribution in [0.1, 0.15) is 22.7 Å². The second-order valence-corrected chi connectivity index (χ2v) is 6.37. The fraction of sp³-hybridized carbons (Fsp3) is 0.381.